The number of rotatable bonds is 8. The predicted octanol–water partition coefficient (Wildman–Crippen LogP) is 3.08. The second kappa shape index (κ2) is 8.87. The number of halogens is 2. The number of carbonyl (C=O) groups excluding carboxylic acids is 2. The number of hydrogen-bond acceptors (Lipinski definition) is 6. The maximum atomic E-state index is 14.6. The minimum absolute atomic E-state index is 0.0426. The van der Waals surface area contributed by atoms with Crippen LogP contribution in [0.2, 0.25) is 0 Å². The molecule has 7 nitrogen and oxygen atoms in total. The fraction of sp³-hybridized carbons (Fsp3) is 0.150. The van der Waals surface area contributed by atoms with Crippen LogP contribution < -0.4 is 22.1 Å². The number of amides is 2. The number of carbonyl (C=O) groups is 2. The minimum atomic E-state index is -1.01. The summed E-state index contributed by atoms with van der Waals surface area (Å²) in [6, 6.07) is 8.71. The molecule has 1 atom stereocenters. The van der Waals surface area contributed by atoms with Crippen molar-refractivity contribution < 1.29 is 18.4 Å². The fourth-order valence-electron chi connectivity index (χ4n) is 2.86. The van der Waals surface area contributed by atoms with Gasteiger partial charge in [-0.05, 0) is 54.4 Å². The molecule has 30 heavy (non-hydrogen) atoms. The number of primary amides is 2. The highest BCUT2D eigenvalue weighted by Crippen LogP contribution is 2.30. The van der Waals surface area contributed by atoms with Crippen LogP contribution in [0, 0.1) is 18.6 Å². The van der Waals surface area contributed by atoms with Gasteiger partial charge in [-0.3, -0.25) is 9.59 Å². The van der Waals surface area contributed by atoms with Crippen molar-refractivity contribution in [1.82, 2.24) is 4.37 Å². The van der Waals surface area contributed by atoms with Gasteiger partial charge in [0.05, 0.1) is 22.6 Å². The van der Waals surface area contributed by atoms with Crippen molar-refractivity contribution >= 4 is 39.7 Å². The van der Waals surface area contributed by atoms with E-state index in [1.807, 2.05) is 0 Å². The Morgan fingerprint density at radius 2 is 1.90 bits per heavy atom. The van der Waals surface area contributed by atoms with E-state index in [2.05, 4.69) is 15.0 Å². The highest BCUT2D eigenvalue weighted by atomic mass is 32.1. The third-order valence-corrected chi connectivity index (χ3v) is 5.06. The quantitative estimate of drug-likeness (QED) is 0.436. The van der Waals surface area contributed by atoms with E-state index >= 15 is 0 Å². The molecule has 0 aliphatic carbocycles. The molecule has 2 aromatic carbocycles. The van der Waals surface area contributed by atoms with E-state index in [0.717, 1.165) is 23.3 Å². The van der Waals surface area contributed by atoms with Crippen LogP contribution in [-0.4, -0.2) is 22.2 Å². The lowest BCUT2D eigenvalue weighted by molar-refractivity contribution is -0.118. The van der Waals surface area contributed by atoms with Crippen molar-refractivity contribution in [2.75, 3.05) is 10.6 Å². The highest BCUT2D eigenvalue weighted by Gasteiger charge is 2.21. The Morgan fingerprint density at radius 3 is 2.50 bits per heavy atom. The van der Waals surface area contributed by atoms with Crippen LogP contribution in [0.3, 0.4) is 0 Å². The Labute approximate surface area is 175 Å². The first-order valence-corrected chi connectivity index (χ1v) is 9.64. The van der Waals surface area contributed by atoms with E-state index < -0.39 is 29.5 Å². The van der Waals surface area contributed by atoms with Gasteiger partial charge in [-0.1, -0.05) is 12.1 Å². The zero-order chi connectivity index (χ0) is 21.8. The molecule has 0 bridgehead atoms. The largest absolute Gasteiger partial charge is 0.371 e. The standard InChI is InChI=1S/C20H19F2N5O2S/c1-10-5-18(30-27-10)26-15-9-16(14(22)8-13(15)19(23)28)25-17(20(24)29)7-11-3-2-4-12(21)6-11/h2-6,8-9,17,25-26H,7H2,1H3,(H2,23,28)(H2,24,29)/t17-/m1/s1. The first kappa shape index (κ1) is 21.2. The number of anilines is 3. The number of hydrogen-bond donors (Lipinski definition) is 4. The van der Waals surface area contributed by atoms with E-state index in [9.17, 15) is 18.4 Å². The molecule has 0 spiro atoms. The fourth-order valence-corrected chi connectivity index (χ4v) is 3.53. The third-order valence-electron chi connectivity index (χ3n) is 4.26. The van der Waals surface area contributed by atoms with Crippen molar-refractivity contribution in [2.45, 2.75) is 19.4 Å². The first-order valence-electron chi connectivity index (χ1n) is 8.87. The summed E-state index contributed by atoms with van der Waals surface area (Å²) < 4.78 is 32.2. The van der Waals surface area contributed by atoms with Crippen LogP contribution >= 0.6 is 11.5 Å². The molecule has 1 heterocycles. The molecule has 10 heteroatoms. The maximum absolute atomic E-state index is 14.6. The first-order chi connectivity index (χ1) is 14.2. The van der Waals surface area contributed by atoms with Crippen LogP contribution in [0.1, 0.15) is 21.6 Å². The Kier molecular flexibility index (Phi) is 6.26. The van der Waals surface area contributed by atoms with Gasteiger partial charge in [0.1, 0.15) is 22.7 Å². The number of aromatic nitrogens is 1. The molecule has 2 amide bonds. The molecule has 3 rings (SSSR count). The van der Waals surface area contributed by atoms with Gasteiger partial charge in [0, 0.05) is 6.42 Å². The lowest BCUT2D eigenvalue weighted by Gasteiger charge is -2.19. The molecule has 3 aromatic rings. The molecular weight excluding hydrogens is 412 g/mol. The lowest BCUT2D eigenvalue weighted by atomic mass is 10.0. The summed E-state index contributed by atoms with van der Waals surface area (Å²) in [5, 5.41) is 6.34. The van der Waals surface area contributed by atoms with Gasteiger partial charge >= 0.3 is 0 Å². The molecular formula is C20H19F2N5O2S. The Hall–Kier alpha value is -3.53. The molecule has 1 aromatic heterocycles. The molecule has 0 fully saturated rings. The van der Waals surface area contributed by atoms with E-state index in [1.165, 1.54) is 24.3 Å². The topological polar surface area (TPSA) is 123 Å². The summed E-state index contributed by atoms with van der Waals surface area (Å²) >= 11 is 1.16. The number of nitrogens with one attached hydrogen (secondary N) is 2. The van der Waals surface area contributed by atoms with Crippen molar-refractivity contribution in [2.24, 2.45) is 11.5 Å². The highest BCUT2D eigenvalue weighted by molar-refractivity contribution is 7.10. The second-order valence-electron chi connectivity index (χ2n) is 6.63. The molecule has 0 unspecified atom stereocenters. The molecule has 0 radical (unpaired) electrons. The van der Waals surface area contributed by atoms with Crippen LogP contribution in [0.5, 0.6) is 0 Å². The van der Waals surface area contributed by atoms with Crippen molar-refractivity contribution in [3.8, 4) is 0 Å². The van der Waals surface area contributed by atoms with Crippen LogP contribution in [0.4, 0.5) is 25.2 Å². The molecule has 0 aliphatic heterocycles. The SMILES string of the molecule is Cc1cc(Nc2cc(N[C@H](Cc3cccc(F)c3)C(N)=O)c(F)cc2C(N)=O)sn1. The van der Waals surface area contributed by atoms with E-state index in [4.69, 9.17) is 11.5 Å². The van der Waals surface area contributed by atoms with Gasteiger partial charge in [-0.2, -0.15) is 4.37 Å². The summed E-state index contributed by atoms with van der Waals surface area (Å²) in [4.78, 5) is 23.7. The Morgan fingerprint density at radius 1 is 1.13 bits per heavy atom. The zero-order valence-corrected chi connectivity index (χ0v) is 16.7. The summed E-state index contributed by atoms with van der Waals surface area (Å²) in [6.45, 7) is 1.80. The van der Waals surface area contributed by atoms with Crippen molar-refractivity contribution in [3.63, 3.8) is 0 Å². The number of aryl methyl sites for hydroxylation is 1. The average Bonchev–Trinajstić information content (AvgIpc) is 3.08. The normalized spacial score (nSPS) is 11.7. The van der Waals surface area contributed by atoms with E-state index in [-0.39, 0.29) is 23.4 Å². The molecule has 156 valence electrons. The summed E-state index contributed by atoms with van der Waals surface area (Å²) in [5.41, 5.74) is 12.2. The molecule has 0 saturated carbocycles. The van der Waals surface area contributed by atoms with E-state index in [1.54, 1.807) is 19.1 Å². The Balaban J connectivity index is 1.91. The monoisotopic (exact) mass is 431 g/mol. The van der Waals surface area contributed by atoms with E-state index in [0.29, 0.717) is 10.6 Å². The van der Waals surface area contributed by atoms with Crippen LogP contribution in [0.25, 0.3) is 0 Å². The number of benzene rings is 2. The smallest absolute Gasteiger partial charge is 0.250 e. The third kappa shape index (κ3) is 5.09. The second-order valence-corrected chi connectivity index (χ2v) is 7.44. The minimum Gasteiger partial charge on any atom is -0.371 e. The van der Waals surface area contributed by atoms with Crippen LogP contribution in [-0.2, 0) is 11.2 Å². The zero-order valence-electron chi connectivity index (χ0n) is 15.9. The Bertz CT molecular complexity index is 1100. The van der Waals surface area contributed by atoms with Crippen LogP contribution in [0.15, 0.2) is 42.5 Å². The molecule has 6 N–H and O–H groups in total. The van der Waals surface area contributed by atoms with Gasteiger partial charge in [0.2, 0.25) is 5.91 Å². The van der Waals surface area contributed by atoms with Gasteiger partial charge in [0.15, 0.2) is 0 Å². The maximum Gasteiger partial charge on any atom is 0.250 e. The summed E-state index contributed by atoms with van der Waals surface area (Å²) in [6.07, 6.45) is 0.0426. The number of nitrogens with two attached hydrogens (primary N) is 2. The predicted molar refractivity (Wildman–Crippen MR) is 112 cm³/mol. The molecule has 0 saturated heterocycles. The van der Waals surface area contributed by atoms with Gasteiger partial charge in [-0.25, -0.2) is 8.78 Å². The molecule has 0 aliphatic rings. The summed E-state index contributed by atoms with van der Waals surface area (Å²) in [7, 11) is 0. The number of nitrogens with zero attached hydrogens (tertiary/aromatic N) is 1. The summed E-state index contributed by atoms with van der Waals surface area (Å²) in [5.74, 6) is -2.82. The van der Waals surface area contributed by atoms with Gasteiger partial charge in [0.25, 0.3) is 5.91 Å². The lowest BCUT2D eigenvalue weighted by Crippen LogP contribution is -2.37. The van der Waals surface area contributed by atoms with Crippen molar-refractivity contribution in [1.29, 1.82) is 0 Å². The van der Waals surface area contributed by atoms with Gasteiger partial charge in [-0.15, -0.1) is 0 Å². The van der Waals surface area contributed by atoms with Crippen molar-refractivity contribution in [3.05, 3.63) is 70.9 Å². The average molecular weight is 431 g/mol. The van der Waals surface area contributed by atoms with Gasteiger partial charge < -0.3 is 22.1 Å².